The maximum Gasteiger partial charge on any atom is 0.142 e. The molecule has 0 saturated carbocycles. The Morgan fingerprint density at radius 3 is 2.41 bits per heavy atom. The lowest BCUT2D eigenvalue weighted by Gasteiger charge is -2.22. The fourth-order valence-electron chi connectivity index (χ4n) is 1.41. The molecule has 17 heavy (non-hydrogen) atoms. The molecule has 0 amide bonds. The Morgan fingerprint density at radius 1 is 1.24 bits per heavy atom. The van der Waals surface area contributed by atoms with E-state index in [4.69, 9.17) is 27.9 Å². The molecule has 1 rings (SSSR count). The molecule has 0 saturated heterocycles. The lowest BCUT2D eigenvalue weighted by Crippen LogP contribution is -2.35. The molecule has 4 heteroatoms. The molecule has 0 aliphatic rings. The van der Waals surface area contributed by atoms with Crippen molar-refractivity contribution in [1.29, 1.82) is 0 Å². The van der Waals surface area contributed by atoms with Crippen LogP contribution in [0.4, 0.5) is 0 Å². The Bertz CT molecular complexity index is 386. The highest BCUT2D eigenvalue weighted by molar-refractivity contribution is 6.35. The van der Waals surface area contributed by atoms with Gasteiger partial charge in [-0.05, 0) is 39.8 Å². The third kappa shape index (κ3) is 4.74. The van der Waals surface area contributed by atoms with E-state index in [9.17, 15) is 0 Å². The molecule has 96 valence electrons. The summed E-state index contributed by atoms with van der Waals surface area (Å²) in [5.41, 5.74) is 1.03. The van der Waals surface area contributed by atoms with Crippen LogP contribution in [0.25, 0.3) is 0 Å². The molecule has 0 aromatic heterocycles. The van der Waals surface area contributed by atoms with E-state index in [1.165, 1.54) is 0 Å². The average Bonchev–Trinajstić information content (AvgIpc) is 2.18. The average molecular weight is 276 g/mol. The fourth-order valence-corrected chi connectivity index (χ4v) is 2.00. The highest BCUT2D eigenvalue weighted by atomic mass is 35.5. The van der Waals surface area contributed by atoms with E-state index < -0.39 is 0 Å². The molecule has 2 nitrogen and oxygen atoms in total. The smallest absolute Gasteiger partial charge is 0.142 e. The van der Waals surface area contributed by atoms with Gasteiger partial charge in [-0.2, -0.15) is 0 Å². The normalized spacial score (nSPS) is 11.6. The number of nitrogens with one attached hydrogen (secondary N) is 1. The maximum atomic E-state index is 6.13. The van der Waals surface area contributed by atoms with E-state index in [0.29, 0.717) is 23.2 Å². The van der Waals surface area contributed by atoms with Gasteiger partial charge in [0.05, 0.1) is 11.6 Å². The van der Waals surface area contributed by atoms with Gasteiger partial charge in [0.15, 0.2) is 0 Å². The third-order valence-corrected chi connectivity index (χ3v) is 2.68. The van der Waals surface area contributed by atoms with Gasteiger partial charge in [0.1, 0.15) is 5.75 Å². The molecule has 0 aliphatic carbocycles. The molecular weight excluding hydrogens is 257 g/mol. The minimum atomic E-state index is 0.0400. The van der Waals surface area contributed by atoms with Gasteiger partial charge in [-0.25, -0.2) is 0 Å². The first-order valence-corrected chi connectivity index (χ1v) is 6.45. The van der Waals surface area contributed by atoms with Gasteiger partial charge in [-0.15, -0.1) is 0 Å². The first-order chi connectivity index (χ1) is 7.83. The Morgan fingerprint density at radius 2 is 1.88 bits per heavy atom. The van der Waals surface area contributed by atoms with Crippen LogP contribution in [-0.2, 0) is 6.54 Å². The molecular formula is C13H19Cl2NO. The van der Waals surface area contributed by atoms with Crippen molar-refractivity contribution in [3.8, 4) is 5.75 Å². The molecule has 1 aromatic carbocycles. The second-order valence-electron chi connectivity index (χ2n) is 4.91. The van der Waals surface area contributed by atoms with Crippen LogP contribution in [0.5, 0.6) is 5.75 Å². The number of halogens is 2. The SMILES string of the molecule is CCOc1c(Cl)cc(Cl)cc1CNC(C)(C)C. The van der Waals surface area contributed by atoms with Crippen LogP contribution in [0.3, 0.4) is 0 Å². The number of ether oxygens (including phenoxy) is 1. The molecule has 0 atom stereocenters. The van der Waals surface area contributed by atoms with Crippen molar-refractivity contribution >= 4 is 23.2 Å². The molecule has 0 radical (unpaired) electrons. The Kier molecular flexibility index (Phi) is 5.11. The van der Waals surface area contributed by atoms with Crippen LogP contribution in [-0.4, -0.2) is 12.1 Å². The summed E-state index contributed by atoms with van der Waals surface area (Å²) in [5, 5.41) is 4.58. The summed E-state index contributed by atoms with van der Waals surface area (Å²) in [6.45, 7) is 9.54. The summed E-state index contributed by atoms with van der Waals surface area (Å²) in [7, 11) is 0. The minimum absolute atomic E-state index is 0.0400. The van der Waals surface area contributed by atoms with Gasteiger partial charge in [-0.3, -0.25) is 0 Å². The van der Waals surface area contributed by atoms with Crippen LogP contribution in [0.15, 0.2) is 12.1 Å². The number of hydrogen-bond acceptors (Lipinski definition) is 2. The summed E-state index contributed by atoms with van der Waals surface area (Å²) in [5.74, 6) is 0.718. The third-order valence-electron chi connectivity index (χ3n) is 2.18. The van der Waals surface area contributed by atoms with E-state index in [1.54, 1.807) is 6.07 Å². The van der Waals surface area contributed by atoms with Gasteiger partial charge in [0.25, 0.3) is 0 Å². The van der Waals surface area contributed by atoms with Crippen molar-refractivity contribution in [2.75, 3.05) is 6.61 Å². The first kappa shape index (κ1) is 14.6. The summed E-state index contributed by atoms with van der Waals surface area (Å²) < 4.78 is 5.56. The zero-order chi connectivity index (χ0) is 13.1. The number of rotatable bonds is 4. The standard InChI is InChI=1S/C13H19Cl2NO/c1-5-17-12-9(8-16-13(2,3)4)6-10(14)7-11(12)15/h6-7,16H,5,8H2,1-4H3. The van der Waals surface area contributed by atoms with Crippen molar-refractivity contribution in [3.05, 3.63) is 27.7 Å². The second kappa shape index (κ2) is 5.94. The second-order valence-corrected chi connectivity index (χ2v) is 5.76. The highest BCUT2D eigenvalue weighted by Crippen LogP contribution is 2.32. The summed E-state index contributed by atoms with van der Waals surface area (Å²) in [6, 6.07) is 3.59. The van der Waals surface area contributed by atoms with Crippen LogP contribution in [0, 0.1) is 0 Å². The van der Waals surface area contributed by atoms with Crippen molar-refractivity contribution < 1.29 is 4.74 Å². The lowest BCUT2D eigenvalue weighted by atomic mass is 10.1. The highest BCUT2D eigenvalue weighted by Gasteiger charge is 2.14. The Balaban J connectivity index is 2.95. The zero-order valence-corrected chi connectivity index (χ0v) is 12.2. The summed E-state index contributed by atoms with van der Waals surface area (Å²) in [6.07, 6.45) is 0. The van der Waals surface area contributed by atoms with Gasteiger partial charge < -0.3 is 10.1 Å². The Hall–Kier alpha value is -0.440. The van der Waals surface area contributed by atoms with E-state index in [0.717, 1.165) is 11.3 Å². The quantitative estimate of drug-likeness (QED) is 0.886. The van der Waals surface area contributed by atoms with Crippen molar-refractivity contribution in [3.63, 3.8) is 0 Å². The number of hydrogen-bond donors (Lipinski definition) is 1. The molecule has 1 aromatic rings. The number of benzene rings is 1. The van der Waals surface area contributed by atoms with E-state index in [1.807, 2.05) is 13.0 Å². The van der Waals surface area contributed by atoms with Gasteiger partial charge >= 0.3 is 0 Å². The molecule has 0 aliphatic heterocycles. The Labute approximate surface area is 113 Å². The van der Waals surface area contributed by atoms with Crippen LogP contribution < -0.4 is 10.1 Å². The zero-order valence-electron chi connectivity index (χ0n) is 10.7. The van der Waals surface area contributed by atoms with E-state index >= 15 is 0 Å². The topological polar surface area (TPSA) is 21.3 Å². The predicted molar refractivity (Wildman–Crippen MR) is 74.2 cm³/mol. The summed E-state index contributed by atoms with van der Waals surface area (Å²) in [4.78, 5) is 0. The largest absolute Gasteiger partial charge is 0.492 e. The van der Waals surface area contributed by atoms with E-state index in [2.05, 4.69) is 26.1 Å². The maximum absolute atomic E-state index is 6.13. The lowest BCUT2D eigenvalue weighted by molar-refractivity contribution is 0.332. The molecule has 0 heterocycles. The van der Waals surface area contributed by atoms with Crippen LogP contribution >= 0.6 is 23.2 Å². The minimum Gasteiger partial charge on any atom is -0.492 e. The predicted octanol–water partition coefficient (Wildman–Crippen LogP) is 4.28. The fraction of sp³-hybridized carbons (Fsp3) is 0.538. The van der Waals surface area contributed by atoms with Crippen molar-refractivity contribution in [1.82, 2.24) is 5.32 Å². The van der Waals surface area contributed by atoms with Crippen molar-refractivity contribution in [2.45, 2.75) is 39.8 Å². The van der Waals surface area contributed by atoms with Gasteiger partial charge in [0.2, 0.25) is 0 Å². The van der Waals surface area contributed by atoms with E-state index in [-0.39, 0.29) is 5.54 Å². The van der Waals surface area contributed by atoms with Gasteiger partial charge in [-0.1, -0.05) is 23.2 Å². The molecule has 0 unspecified atom stereocenters. The van der Waals surface area contributed by atoms with Crippen LogP contribution in [0.1, 0.15) is 33.3 Å². The van der Waals surface area contributed by atoms with Crippen molar-refractivity contribution in [2.24, 2.45) is 0 Å². The molecule has 0 bridgehead atoms. The molecule has 1 N–H and O–H groups in total. The van der Waals surface area contributed by atoms with Crippen LogP contribution in [0.2, 0.25) is 10.0 Å². The molecule has 0 spiro atoms. The van der Waals surface area contributed by atoms with Gasteiger partial charge in [0, 0.05) is 22.7 Å². The summed E-state index contributed by atoms with van der Waals surface area (Å²) >= 11 is 12.1. The first-order valence-electron chi connectivity index (χ1n) is 5.69. The monoisotopic (exact) mass is 275 g/mol. The molecule has 0 fully saturated rings.